The molecule has 0 spiro atoms. The van der Waals surface area contributed by atoms with Crippen molar-refractivity contribution in [1.29, 1.82) is 0 Å². The maximum Gasteiger partial charge on any atom is 0.389 e. The highest BCUT2D eigenvalue weighted by molar-refractivity contribution is 5.86. The molecule has 0 aromatic carbocycles. The number of nitrogens with zero attached hydrogens (tertiary/aromatic N) is 1. The molecule has 116 valence electrons. The molecule has 1 rings (SSSR count). The number of primary amides is 1. The molecule has 3 amide bonds. The Bertz CT molecular complexity index is 355. The Morgan fingerprint density at radius 2 is 1.90 bits per heavy atom. The van der Waals surface area contributed by atoms with E-state index in [1.54, 1.807) is 0 Å². The largest absolute Gasteiger partial charge is 0.394 e. The summed E-state index contributed by atoms with van der Waals surface area (Å²) in [7, 11) is 0. The van der Waals surface area contributed by atoms with E-state index in [1.165, 1.54) is 4.90 Å². The number of amides is 3. The molecule has 0 aliphatic carbocycles. The van der Waals surface area contributed by atoms with Gasteiger partial charge in [0, 0.05) is 19.5 Å². The van der Waals surface area contributed by atoms with E-state index in [1.807, 2.05) is 0 Å². The molecule has 1 fully saturated rings. The smallest absolute Gasteiger partial charge is 0.389 e. The Morgan fingerprint density at radius 1 is 1.35 bits per heavy atom. The summed E-state index contributed by atoms with van der Waals surface area (Å²) in [6, 6.07) is -2.09. The number of alkyl halides is 3. The molecule has 1 unspecified atom stereocenters. The summed E-state index contributed by atoms with van der Waals surface area (Å²) in [4.78, 5) is 23.9. The minimum Gasteiger partial charge on any atom is -0.394 e. The fraction of sp³-hybridized carbons (Fsp3) is 0.818. The number of halogens is 3. The number of nitrogens with one attached hydrogen (secondary N) is 1. The maximum absolute atomic E-state index is 12.2. The Hall–Kier alpha value is -1.51. The van der Waals surface area contributed by atoms with E-state index in [9.17, 15) is 22.8 Å². The maximum atomic E-state index is 12.2. The highest BCUT2D eigenvalue weighted by Gasteiger charge is 2.35. The van der Waals surface area contributed by atoms with E-state index in [2.05, 4.69) is 5.32 Å². The fourth-order valence-electron chi connectivity index (χ4n) is 2.26. The lowest BCUT2D eigenvalue weighted by atomic mass is 9.93. The molecule has 6 nitrogen and oxygen atoms in total. The first-order valence-corrected chi connectivity index (χ1v) is 6.25. The van der Waals surface area contributed by atoms with Crippen LogP contribution in [0.4, 0.5) is 18.0 Å². The molecule has 9 heteroatoms. The molecule has 20 heavy (non-hydrogen) atoms. The van der Waals surface area contributed by atoms with Crippen LogP contribution in [0.3, 0.4) is 0 Å². The van der Waals surface area contributed by atoms with Crippen LogP contribution >= 0.6 is 0 Å². The van der Waals surface area contributed by atoms with Gasteiger partial charge in [0.2, 0.25) is 5.91 Å². The van der Waals surface area contributed by atoms with Gasteiger partial charge in [0.1, 0.15) is 6.04 Å². The summed E-state index contributed by atoms with van der Waals surface area (Å²) in [5, 5.41) is 11.1. The van der Waals surface area contributed by atoms with Crippen LogP contribution in [0, 0.1) is 5.92 Å². The van der Waals surface area contributed by atoms with E-state index >= 15 is 0 Å². The summed E-state index contributed by atoms with van der Waals surface area (Å²) in [6.07, 6.45) is -4.55. The van der Waals surface area contributed by atoms with Crippen molar-refractivity contribution in [2.24, 2.45) is 11.7 Å². The third kappa shape index (κ3) is 5.24. The molecule has 0 aromatic heterocycles. The van der Waals surface area contributed by atoms with Crippen LogP contribution in [0.5, 0.6) is 0 Å². The molecule has 0 aromatic rings. The van der Waals surface area contributed by atoms with Crippen LogP contribution in [0.25, 0.3) is 0 Å². The lowest BCUT2D eigenvalue weighted by Gasteiger charge is -2.34. The van der Waals surface area contributed by atoms with Crippen molar-refractivity contribution in [3.8, 4) is 0 Å². The third-order valence-electron chi connectivity index (χ3n) is 3.24. The molecule has 0 bridgehead atoms. The summed E-state index contributed by atoms with van der Waals surface area (Å²) in [6.45, 7) is -0.253. The van der Waals surface area contributed by atoms with Crippen LogP contribution in [0.15, 0.2) is 0 Å². The first-order chi connectivity index (χ1) is 9.23. The lowest BCUT2D eigenvalue weighted by Crippen LogP contribution is -2.53. The molecular weight excluding hydrogens is 279 g/mol. The molecular formula is C11H18F3N3O3. The number of carbonyl (C=O) groups is 2. The lowest BCUT2D eigenvalue weighted by molar-refractivity contribution is -0.149. The predicted molar refractivity (Wildman–Crippen MR) is 63.6 cm³/mol. The van der Waals surface area contributed by atoms with Crippen molar-refractivity contribution in [3.05, 3.63) is 0 Å². The van der Waals surface area contributed by atoms with Crippen LogP contribution < -0.4 is 11.1 Å². The normalized spacial score (nSPS) is 18.7. The number of piperidine rings is 1. The summed E-state index contributed by atoms with van der Waals surface area (Å²) < 4.78 is 36.7. The van der Waals surface area contributed by atoms with Gasteiger partial charge < -0.3 is 21.1 Å². The topological polar surface area (TPSA) is 95.7 Å². The first kappa shape index (κ1) is 16.5. The molecule has 0 radical (unpaired) electrons. The number of rotatable bonds is 4. The van der Waals surface area contributed by atoms with E-state index in [4.69, 9.17) is 10.8 Å². The van der Waals surface area contributed by atoms with E-state index in [-0.39, 0.29) is 25.9 Å². The number of carbonyl (C=O) groups excluding carboxylic acids is 2. The Morgan fingerprint density at radius 3 is 2.30 bits per heavy atom. The number of nitrogens with two attached hydrogens (primary N) is 1. The van der Waals surface area contributed by atoms with Crippen LogP contribution in [-0.2, 0) is 4.79 Å². The number of hydrogen-bond acceptors (Lipinski definition) is 3. The second kappa shape index (κ2) is 6.78. The monoisotopic (exact) mass is 297 g/mol. The number of likely N-dealkylation sites (tertiary alicyclic amines) is 1. The van der Waals surface area contributed by atoms with Crippen LogP contribution in [-0.4, -0.2) is 53.9 Å². The van der Waals surface area contributed by atoms with Gasteiger partial charge in [-0.1, -0.05) is 0 Å². The van der Waals surface area contributed by atoms with Crippen molar-refractivity contribution in [2.45, 2.75) is 31.5 Å². The molecule has 1 saturated heterocycles. The van der Waals surface area contributed by atoms with Gasteiger partial charge in [0.25, 0.3) is 0 Å². The van der Waals surface area contributed by atoms with Gasteiger partial charge in [0.05, 0.1) is 6.61 Å². The number of urea groups is 1. The summed E-state index contributed by atoms with van der Waals surface area (Å²) in [5.41, 5.74) is 4.87. The third-order valence-corrected chi connectivity index (χ3v) is 3.24. The average Bonchev–Trinajstić information content (AvgIpc) is 2.34. The Kier molecular flexibility index (Phi) is 5.61. The average molecular weight is 297 g/mol. The zero-order chi connectivity index (χ0) is 15.3. The van der Waals surface area contributed by atoms with Crippen LogP contribution in [0.1, 0.15) is 19.3 Å². The standard InChI is InChI=1S/C11H18F3N3O3/c12-11(13,14)5-7-1-3-17(4-2-7)9(19)8(6-18)16-10(15)20/h7-8,18H,1-6H2,(H3,15,16,20). The molecule has 1 aliphatic heterocycles. The van der Waals surface area contributed by atoms with Gasteiger partial charge in [-0.15, -0.1) is 0 Å². The van der Waals surface area contributed by atoms with Crippen molar-refractivity contribution < 1.29 is 27.9 Å². The number of aliphatic hydroxyl groups is 1. The van der Waals surface area contributed by atoms with E-state index in [0.29, 0.717) is 0 Å². The SMILES string of the molecule is NC(=O)NC(CO)C(=O)N1CCC(CC(F)(F)F)CC1. The Labute approximate surface area is 114 Å². The minimum atomic E-state index is -4.20. The van der Waals surface area contributed by atoms with Gasteiger partial charge in [-0.2, -0.15) is 13.2 Å². The van der Waals surface area contributed by atoms with Gasteiger partial charge in [-0.25, -0.2) is 4.79 Å². The fourth-order valence-corrected chi connectivity index (χ4v) is 2.26. The summed E-state index contributed by atoms with van der Waals surface area (Å²) in [5.74, 6) is -1.02. The second-order valence-electron chi connectivity index (χ2n) is 4.83. The predicted octanol–water partition coefficient (Wildman–Crippen LogP) is 0.207. The van der Waals surface area contributed by atoms with Gasteiger partial charge in [-0.3, -0.25) is 4.79 Å². The van der Waals surface area contributed by atoms with Crippen LogP contribution in [0.2, 0.25) is 0 Å². The van der Waals surface area contributed by atoms with Gasteiger partial charge in [-0.05, 0) is 18.8 Å². The van der Waals surface area contributed by atoms with Crippen molar-refractivity contribution >= 4 is 11.9 Å². The number of aliphatic hydroxyl groups excluding tert-OH is 1. The van der Waals surface area contributed by atoms with Crippen molar-refractivity contribution in [2.75, 3.05) is 19.7 Å². The highest BCUT2D eigenvalue weighted by atomic mass is 19.4. The molecule has 1 atom stereocenters. The summed E-state index contributed by atoms with van der Waals surface area (Å²) >= 11 is 0. The van der Waals surface area contributed by atoms with Crippen molar-refractivity contribution in [3.63, 3.8) is 0 Å². The second-order valence-corrected chi connectivity index (χ2v) is 4.83. The zero-order valence-corrected chi connectivity index (χ0v) is 10.8. The molecule has 4 N–H and O–H groups in total. The van der Waals surface area contributed by atoms with E-state index in [0.717, 1.165) is 0 Å². The highest BCUT2D eigenvalue weighted by Crippen LogP contribution is 2.30. The van der Waals surface area contributed by atoms with Gasteiger partial charge in [0.15, 0.2) is 0 Å². The quantitative estimate of drug-likeness (QED) is 0.692. The molecule has 1 heterocycles. The Balaban J connectivity index is 2.47. The first-order valence-electron chi connectivity index (χ1n) is 6.25. The van der Waals surface area contributed by atoms with E-state index < -0.39 is 43.1 Å². The zero-order valence-electron chi connectivity index (χ0n) is 10.8. The van der Waals surface area contributed by atoms with Crippen molar-refractivity contribution in [1.82, 2.24) is 10.2 Å². The number of hydrogen-bond donors (Lipinski definition) is 3. The molecule has 1 aliphatic rings. The van der Waals surface area contributed by atoms with Gasteiger partial charge >= 0.3 is 12.2 Å². The minimum absolute atomic E-state index is 0.177. The molecule has 0 saturated carbocycles.